The summed E-state index contributed by atoms with van der Waals surface area (Å²) in [6, 6.07) is 5.49. The Balaban J connectivity index is 1.67. The number of urea groups is 1. The van der Waals surface area contributed by atoms with Gasteiger partial charge in [-0.1, -0.05) is 17.7 Å². The number of ether oxygens (including phenoxy) is 1. The van der Waals surface area contributed by atoms with Crippen molar-refractivity contribution in [3.8, 4) is 0 Å². The molecular formula is C22H30N6O4S. The molecule has 0 fully saturated rings. The predicted molar refractivity (Wildman–Crippen MR) is 126 cm³/mol. The van der Waals surface area contributed by atoms with Crippen molar-refractivity contribution in [3.63, 3.8) is 0 Å². The van der Waals surface area contributed by atoms with Crippen LogP contribution >= 0.6 is 0 Å². The Bertz CT molecular complexity index is 1250. The molecule has 3 aromatic rings. The van der Waals surface area contributed by atoms with E-state index >= 15 is 0 Å². The number of aromatic nitrogens is 3. The number of imidazole rings is 1. The van der Waals surface area contributed by atoms with Crippen LogP contribution in [0.1, 0.15) is 36.0 Å². The molecular weight excluding hydrogens is 444 g/mol. The summed E-state index contributed by atoms with van der Waals surface area (Å²) in [5.74, 6) is 1.09. The number of hydrogen-bond donors (Lipinski definition) is 3. The molecule has 4 N–H and O–H groups in total. The van der Waals surface area contributed by atoms with Gasteiger partial charge in [-0.15, -0.1) is 0 Å². The third-order valence-corrected chi connectivity index (χ3v) is 6.66. The molecule has 0 atom stereocenters. The Morgan fingerprint density at radius 3 is 2.52 bits per heavy atom. The molecule has 0 aliphatic carbocycles. The number of nitrogen functional groups attached to an aromatic ring is 1. The van der Waals surface area contributed by atoms with Crippen LogP contribution in [-0.4, -0.2) is 42.1 Å². The molecule has 0 aliphatic heterocycles. The zero-order valence-corrected chi connectivity index (χ0v) is 20.1. The van der Waals surface area contributed by atoms with Crippen molar-refractivity contribution in [1.29, 1.82) is 0 Å². The average molecular weight is 475 g/mol. The number of anilines is 1. The Hall–Kier alpha value is -3.18. The Morgan fingerprint density at radius 1 is 1.15 bits per heavy atom. The number of pyridine rings is 1. The van der Waals surface area contributed by atoms with Gasteiger partial charge in [0.25, 0.3) is 10.0 Å². The zero-order chi connectivity index (χ0) is 24.2. The van der Waals surface area contributed by atoms with Crippen LogP contribution in [0, 0.1) is 20.8 Å². The highest BCUT2D eigenvalue weighted by molar-refractivity contribution is 7.90. The van der Waals surface area contributed by atoms with Crippen molar-refractivity contribution in [2.24, 2.45) is 0 Å². The minimum absolute atomic E-state index is 0.0331. The first-order chi connectivity index (χ1) is 15.6. The van der Waals surface area contributed by atoms with E-state index in [1.54, 1.807) is 12.1 Å². The minimum Gasteiger partial charge on any atom is -0.382 e. The van der Waals surface area contributed by atoms with Gasteiger partial charge in [0.2, 0.25) is 0 Å². The maximum Gasteiger partial charge on any atom is 0.328 e. The molecule has 0 radical (unpaired) electrons. The number of fused-ring (bicyclic) bond motifs is 1. The first-order valence-electron chi connectivity index (χ1n) is 10.7. The Labute approximate surface area is 193 Å². The fraction of sp³-hybridized carbons (Fsp3) is 0.409. The zero-order valence-electron chi connectivity index (χ0n) is 19.3. The van der Waals surface area contributed by atoms with E-state index in [0.29, 0.717) is 37.5 Å². The van der Waals surface area contributed by atoms with Gasteiger partial charge < -0.3 is 20.4 Å². The molecule has 2 amide bonds. The number of aryl methyl sites for hydroxylation is 4. The van der Waals surface area contributed by atoms with Crippen molar-refractivity contribution in [2.45, 2.75) is 52.2 Å². The first kappa shape index (κ1) is 24.5. The number of rotatable bonds is 9. The molecule has 0 saturated carbocycles. The summed E-state index contributed by atoms with van der Waals surface area (Å²) in [5.41, 5.74) is 10.3. The lowest BCUT2D eigenvalue weighted by Gasteiger charge is -2.13. The van der Waals surface area contributed by atoms with E-state index in [4.69, 9.17) is 10.5 Å². The van der Waals surface area contributed by atoms with Crippen molar-refractivity contribution in [2.75, 3.05) is 18.9 Å². The number of nitrogens with one attached hydrogen (secondary N) is 2. The molecule has 0 unspecified atom stereocenters. The number of carbonyl (C=O) groups is 1. The van der Waals surface area contributed by atoms with Gasteiger partial charge in [0, 0.05) is 25.4 Å². The Morgan fingerprint density at radius 2 is 1.85 bits per heavy atom. The topological polar surface area (TPSA) is 141 Å². The number of amides is 2. The second-order valence-corrected chi connectivity index (χ2v) is 9.43. The number of carbonyl (C=O) groups excluding carboxylic acids is 1. The van der Waals surface area contributed by atoms with Crippen LogP contribution in [0.2, 0.25) is 0 Å². The van der Waals surface area contributed by atoms with Gasteiger partial charge in [0.1, 0.15) is 17.9 Å². The van der Waals surface area contributed by atoms with Crippen LogP contribution in [0.3, 0.4) is 0 Å². The second kappa shape index (κ2) is 10.2. The van der Waals surface area contributed by atoms with Crippen molar-refractivity contribution < 1.29 is 17.9 Å². The van der Waals surface area contributed by atoms with Gasteiger partial charge in [0.15, 0.2) is 5.82 Å². The second-order valence-electron chi connectivity index (χ2n) is 7.75. The standard InChI is InChI=1S/C22H30N6O4S/c1-5-32-13-18-26-19-20(15(3)16(4)25-21(19)23)28(18)12-6-11-24-22(29)27-33(30,31)17-9-7-14(2)8-10-17/h7-10H,5-6,11-13H2,1-4H3,(H2,23,25)(H2,24,27,29). The molecule has 0 spiro atoms. The van der Waals surface area contributed by atoms with Crippen molar-refractivity contribution >= 4 is 32.9 Å². The van der Waals surface area contributed by atoms with Gasteiger partial charge in [0.05, 0.1) is 10.4 Å². The fourth-order valence-electron chi connectivity index (χ4n) is 3.46. The number of nitrogens with zero attached hydrogens (tertiary/aromatic N) is 3. The molecule has 11 heteroatoms. The van der Waals surface area contributed by atoms with Crippen LogP contribution in [-0.2, 0) is 27.9 Å². The molecule has 0 bridgehead atoms. The summed E-state index contributed by atoms with van der Waals surface area (Å²) in [5, 5.41) is 2.60. The summed E-state index contributed by atoms with van der Waals surface area (Å²) in [7, 11) is -3.93. The SMILES string of the molecule is CCOCc1nc2c(N)nc(C)c(C)c2n1CCCNC(=O)NS(=O)(=O)c1ccc(C)cc1. The summed E-state index contributed by atoms with van der Waals surface area (Å²) < 4.78 is 34.3. The number of hydrogen-bond acceptors (Lipinski definition) is 7. The normalized spacial score (nSPS) is 11.6. The molecule has 178 valence electrons. The molecule has 2 aromatic heterocycles. The van der Waals surface area contributed by atoms with E-state index in [0.717, 1.165) is 28.2 Å². The Kier molecular flexibility index (Phi) is 7.54. The maximum absolute atomic E-state index is 12.4. The fourth-order valence-corrected chi connectivity index (χ4v) is 4.39. The van der Waals surface area contributed by atoms with Gasteiger partial charge in [-0.3, -0.25) is 0 Å². The first-order valence-corrected chi connectivity index (χ1v) is 12.2. The van der Waals surface area contributed by atoms with Gasteiger partial charge in [-0.25, -0.2) is 27.9 Å². The number of benzene rings is 1. The highest BCUT2D eigenvalue weighted by Gasteiger charge is 2.19. The number of sulfonamides is 1. The summed E-state index contributed by atoms with van der Waals surface area (Å²) in [6.45, 7) is 9.30. The molecule has 3 rings (SSSR count). The van der Waals surface area contributed by atoms with Crippen molar-refractivity contribution in [1.82, 2.24) is 24.6 Å². The molecule has 2 heterocycles. The lowest BCUT2D eigenvalue weighted by Crippen LogP contribution is -2.40. The highest BCUT2D eigenvalue weighted by Crippen LogP contribution is 2.26. The van der Waals surface area contributed by atoms with Crippen LogP contribution in [0.25, 0.3) is 11.0 Å². The lowest BCUT2D eigenvalue weighted by atomic mass is 10.2. The van der Waals surface area contributed by atoms with Gasteiger partial charge >= 0.3 is 6.03 Å². The molecule has 0 aliphatic rings. The monoisotopic (exact) mass is 474 g/mol. The van der Waals surface area contributed by atoms with Crippen LogP contribution < -0.4 is 15.8 Å². The quantitative estimate of drug-likeness (QED) is 0.405. The van der Waals surface area contributed by atoms with E-state index in [2.05, 4.69) is 15.3 Å². The molecule has 33 heavy (non-hydrogen) atoms. The smallest absolute Gasteiger partial charge is 0.328 e. The van der Waals surface area contributed by atoms with Crippen LogP contribution in [0.15, 0.2) is 29.2 Å². The summed E-state index contributed by atoms with van der Waals surface area (Å²) in [4.78, 5) is 21.2. The summed E-state index contributed by atoms with van der Waals surface area (Å²) in [6.07, 6.45) is 0.545. The molecule has 1 aromatic carbocycles. The average Bonchev–Trinajstić information content (AvgIpc) is 3.12. The lowest BCUT2D eigenvalue weighted by molar-refractivity contribution is 0.126. The van der Waals surface area contributed by atoms with E-state index in [1.807, 2.05) is 37.0 Å². The largest absolute Gasteiger partial charge is 0.382 e. The van der Waals surface area contributed by atoms with E-state index in [-0.39, 0.29) is 11.4 Å². The third kappa shape index (κ3) is 5.60. The van der Waals surface area contributed by atoms with E-state index < -0.39 is 16.1 Å². The number of nitrogens with two attached hydrogens (primary N) is 1. The van der Waals surface area contributed by atoms with Crippen molar-refractivity contribution in [3.05, 3.63) is 46.9 Å². The highest BCUT2D eigenvalue weighted by atomic mass is 32.2. The van der Waals surface area contributed by atoms with E-state index in [9.17, 15) is 13.2 Å². The predicted octanol–water partition coefficient (Wildman–Crippen LogP) is 2.55. The van der Waals surface area contributed by atoms with Crippen LogP contribution in [0.4, 0.5) is 10.6 Å². The maximum atomic E-state index is 12.4. The van der Waals surface area contributed by atoms with Gasteiger partial charge in [-0.2, -0.15) is 0 Å². The molecule has 10 nitrogen and oxygen atoms in total. The van der Waals surface area contributed by atoms with Gasteiger partial charge in [-0.05, 0) is 51.8 Å². The minimum atomic E-state index is -3.93. The van der Waals surface area contributed by atoms with E-state index in [1.165, 1.54) is 12.1 Å². The third-order valence-electron chi connectivity index (χ3n) is 5.31. The molecule has 0 saturated heterocycles. The van der Waals surface area contributed by atoms with Crippen LogP contribution in [0.5, 0.6) is 0 Å². The summed E-state index contributed by atoms with van der Waals surface area (Å²) >= 11 is 0.